The Balaban J connectivity index is 1.81. The largest absolute Gasteiger partial charge is 0.416 e. The van der Waals surface area contributed by atoms with Crippen LogP contribution in [0.1, 0.15) is 29.9 Å². The number of benzene rings is 2. The minimum absolute atomic E-state index is 0.401. The molecule has 6 heteroatoms. The first-order valence-corrected chi connectivity index (χ1v) is 8.73. The number of hydrogen-bond acceptors (Lipinski definition) is 3. The van der Waals surface area contributed by atoms with Crippen LogP contribution in [-0.4, -0.2) is 5.16 Å². The van der Waals surface area contributed by atoms with E-state index in [2.05, 4.69) is 5.16 Å². The molecule has 1 fully saturated rings. The maximum atomic E-state index is 13.2. The van der Waals surface area contributed by atoms with Gasteiger partial charge in [-0.25, -0.2) is 0 Å². The lowest BCUT2D eigenvalue weighted by Crippen LogP contribution is -2.05. The van der Waals surface area contributed by atoms with E-state index >= 15 is 0 Å². The molecule has 0 radical (unpaired) electrons. The third-order valence-corrected chi connectivity index (χ3v) is 5.21. The fraction of sp³-hybridized carbons (Fsp3) is 0.211. The first kappa shape index (κ1) is 16.3. The van der Waals surface area contributed by atoms with E-state index in [4.69, 9.17) is 4.52 Å². The van der Waals surface area contributed by atoms with Crippen molar-refractivity contribution >= 4 is 11.8 Å². The van der Waals surface area contributed by atoms with Gasteiger partial charge in [0.1, 0.15) is 0 Å². The molecule has 4 rings (SSSR count). The van der Waals surface area contributed by atoms with Crippen LogP contribution in [0.15, 0.2) is 69.0 Å². The first-order chi connectivity index (χ1) is 12.0. The second-order valence-corrected chi connectivity index (χ2v) is 7.12. The van der Waals surface area contributed by atoms with Crippen LogP contribution in [0.4, 0.5) is 13.2 Å². The second kappa shape index (κ2) is 6.26. The molecule has 3 aromatic rings. The van der Waals surface area contributed by atoms with Crippen LogP contribution < -0.4 is 0 Å². The summed E-state index contributed by atoms with van der Waals surface area (Å²) in [6.45, 7) is 0. The molecule has 128 valence electrons. The van der Waals surface area contributed by atoms with Gasteiger partial charge in [-0.15, -0.1) is 0 Å². The van der Waals surface area contributed by atoms with Gasteiger partial charge in [0.05, 0.1) is 11.8 Å². The predicted molar refractivity (Wildman–Crippen MR) is 89.5 cm³/mol. The van der Waals surface area contributed by atoms with E-state index in [1.54, 1.807) is 6.20 Å². The molecule has 1 aliphatic carbocycles. The average molecular weight is 361 g/mol. The maximum Gasteiger partial charge on any atom is 0.416 e. The van der Waals surface area contributed by atoms with E-state index in [0.29, 0.717) is 22.1 Å². The highest BCUT2D eigenvalue weighted by Gasteiger charge is 2.33. The summed E-state index contributed by atoms with van der Waals surface area (Å²) in [7, 11) is 0. The van der Waals surface area contributed by atoms with E-state index in [9.17, 15) is 13.2 Å². The average Bonchev–Trinajstić information content (AvgIpc) is 3.32. The molecule has 2 nitrogen and oxygen atoms in total. The molecule has 1 aromatic heterocycles. The predicted octanol–water partition coefficient (Wildman–Crippen LogP) is 6.39. The third kappa shape index (κ3) is 3.44. The lowest BCUT2D eigenvalue weighted by Gasteiger charge is -2.13. The summed E-state index contributed by atoms with van der Waals surface area (Å²) in [5.74, 6) is 0.979. The van der Waals surface area contributed by atoms with Crippen molar-refractivity contribution in [2.45, 2.75) is 34.7 Å². The molecule has 0 spiro atoms. The summed E-state index contributed by atoms with van der Waals surface area (Å²) >= 11 is 1.30. The summed E-state index contributed by atoms with van der Waals surface area (Å²) < 4.78 is 44.9. The standard InChI is InChI=1S/C19H14F3NOS/c20-19(21,22)13-8-9-15(18-16(11-23-24-18)12-6-7-12)17(10-13)25-14-4-2-1-3-5-14/h1-5,8-12H,6-7H2. The van der Waals surface area contributed by atoms with Crippen molar-refractivity contribution in [1.29, 1.82) is 0 Å². The molecule has 25 heavy (non-hydrogen) atoms. The molecule has 0 saturated heterocycles. The van der Waals surface area contributed by atoms with Crippen LogP contribution in [0.5, 0.6) is 0 Å². The molecule has 0 aliphatic heterocycles. The van der Waals surface area contributed by atoms with Crippen LogP contribution >= 0.6 is 11.8 Å². The third-order valence-electron chi connectivity index (χ3n) is 4.14. The Labute approximate surface area is 147 Å². The number of rotatable bonds is 4. The highest BCUT2D eigenvalue weighted by molar-refractivity contribution is 7.99. The fourth-order valence-corrected chi connectivity index (χ4v) is 3.73. The Morgan fingerprint density at radius 3 is 2.48 bits per heavy atom. The molecule has 1 heterocycles. The van der Waals surface area contributed by atoms with E-state index in [0.717, 1.165) is 29.4 Å². The smallest absolute Gasteiger partial charge is 0.356 e. The monoisotopic (exact) mass is 361 g/mol. The van der Waals surface area contributed by atoms with E-state index < -0.39 is 11.7 Å². The van der Waals surface area contributed by atoms with Crippen LogP contribution in [0.2, 0.25) is 0 Å². The number of nitrogens with zero attached hydrogens (tertiary/aromatic N) is 1. The van der Waals surface area contributed by atoms with Crippen molar-refractivity contribution in [1.82, 2.24) is 5.16 Å². The summed E-state index contributed by atoms with van der Waals surface area (Å²) in [5.41, 5.74) is 0.970. The molecular weight excluding hydrogens is 347 g/mol. The molecule has 1 saturated carbocycles. The van der Waals surface area contributed by atoms with Gasteiger partial charge in [0, 0.05) is 20.9 Å². The van der Waals surface area contributed by atoms with Crippen molar-refractivity contribution in [2.75, 3.05) is 0 Å². The van der Waals surface area contributed by atoms with Crippen molar-refractivity contribution in [3.05, 3.63) is 65.9 Å². The molecule has 2 aromatic carbocycles. The maximum absolute atomic E-state index is 13.2. The number of hydrogen-bond donors (Lipinski definition) is 0. The van der Waals surface area contributed by atoms with Crippen LogP contribution in [0.25, 0.3) is 11.3 Å². The lowest BCUT2D eigenvalue weighted by molar-refractivity contribution is -0.137. The first-order valence-electron chi connectivity index (χ1n) is 7.91. The number of alkyl halides is 3. The van der Waals surface area contributed by atoms with Crippen molar-refractivity contribution in [3.63, 3.8) is 0 Å². The molecular formula is C19H14F3NOS. The van der Waals surface area contributed by atoms with Crippen LogP contribution in [0.3, 0.4) is 0 Å². The van der Waals surface area contributed by atoms with Gasteiger partial charge in [0.2, 0.25) is 0 Å². The summed E-state index contributed by atoms with van der Waals surface area (Å²) in [6.07, 6.45) is -0.571. The zero-order valence-corrected chi connectivity index (χ0v) is 13.9. The van der Waals surface area contributed by atoms with Gasteiger partial charge in [0.25, 0.3) is 0 Å². The van der Waals surface area contributed by atoms with Gasteiger partial charge in [0.15, 0.2) is 5.76 Å². The normalized spacial score (nSPS) is 14.7. The number of aromatic nitrogens is 1. The molecule has 0 unspecified atom stereocenters. The zero-order chi connectivity index (χ0) is 17.4. The SMILES string of the molecule is FC(F)(F)c1ccc(-c2oncc2C2CC2)c(Sc2ccccc2)c1. The van der Waals surface area contributed by atoms with Crippen molar-refractivity contribution in [2.24, 2.45) is 0 Å². The summed E-state index contributed by atoms with van der Waals surface area (Å²) in [5, 5.41) is 3.87. The lowest BCUT2D eigenvalue weighted by atomic mass is 10.0. The molecule has 0 bridgehead atoms. The zero-order valence-electron chi connectivity index (χ0n) is 13.1. The Morgan fingerprint density at radius 1 is 1.04 bits per heavy atom. The fourth-order valence-electron chi connectivity index (χ4n) is 2.72. The van der Waals surface area contributed by atoms with Crippen LogP contribution in [0, 0.1) is 0 Å². The quantitative estimate of drug-likeness (QED) is 0.538. The Kier molecular flexibility index (Phi) is 4.07. The second-order valence-electron chi connectivity index (χ2n) is 6.01. The molecule has 1 aliphatic rings. The highest BCUT2D eigenvalue weighted by Crippen LogP contribution is 2.47. The van der Waals surface area contributed by atoms with Gasteiger partial charge in [-0.3, -0.25) is 0 Å². The van der Waals surface area contributed by atoms with E-state index in [1.165, 1.54) is 23.9 Å². The minimum atomic E-state index is -4.38. The van der Waals surface area contributed by atoms with Crippen LogP contribution in [-0.2, 0) is 6.18 Å². The summed E-state index contributed by atoms with van der Waals surface area (Å²) in [4.78, 5) is 1.38. The topological polar surface area (TPSA) is 26.0 Å². The van der Waals surface area contributed by atoms with Crippen molar-refractivity contribution < 1.29 is 17.7 Å². The van der Waals surface area contributed by atoms with Gasteiger partial charge in [-0.05, 0) is 49.1 Å². The van der Waals surface area contributed by atoms with Gasteiger partial charge in [-0.2, -0.15) is 13.2 Å². The van der Waals surface area contributed by atoms with E-state index in [1.807, 2.05) is 30.3 Å². The molecule has 0 amide bonds. The Morgan fingerprint density at radius 2 is 1.80 bits per heavy atom. The minimum Gasteiger partial charge on any atom is -0.356 e. The Hall–Kier alpha value is -2.21. The molecule has 0 atom stereocenters. The van der Waals surface area contributed by atoms with Gasteiger partial charge < -0.3 is 4.52 Å². The highest BCUT2D eigenvalue weighted by atomic mass is 32.2. The summed E-state index contributed by atoms with van der Waals surface area (Å²) in [6, 6.07) is 13.1. The van der Waals surface area contributed by atoms with Gasteiger partial charge >= 0.3 is 6.18 Å². The molecule has 0 N–H and O–H groups in total. The Bertz CT molecular complexity index is 885. The van der Waals surface area contributed by atoms with Gasteiger partial charge in [-0.1, -0.05) is 35.1 Å². The number of halogens is 3. The van der Waals surface area contributed by atoms with E-state index in [-0.39, 0.29) is 0 Å². The van der Waals surface area contributed by atoms with Crippen molar-refractivity contribution in [3.8, 4) is 11.3 Å².